The van der Waals surface area contributed by atoms with Crippen molar-refractivity contribution in [3.8, 4) is 0 Å². The topological polar surface area (TPSA) is 37.3 Å². The first kappa shape index (κ1) is 8.84. The number of rotatable bonds is 2. The normalized spacial score (nSPS) is 33.6. The van der Waals surface area contributed by atoms with E-state index >= 15 is 0 Å². The Kier molecular flexibility index (Phi) is 2.76. The highest BCUT2D eigenvalue weighted by molar-refractivity contribution is 8.00. The Hall–Kier alpha value is -0.250. The maximum Gasteiger partial charge on any atom is 0.338 e. The summed E-state index contributed by atoms with van der Waals surface area (Å²) in [6.45, 7) is 2.00. The lowest BCUT2D eigenvalue weighted by atomic mass is 10.0. The first-order chi connectivity index (χ1) is 5.11. The SMILES string of the molecule is CC1CC(C(F)C(=O)O)CS1. The van der Waals surface area contributed by atoms with Gasteiger partial charge in [0, 0.05) is 11.2 Å². The monoisotopic (exact) mass is 178 g/mol. The highest BCUT2D eigenvalue weighted by Gasteiger charge is 2.33. The van der Waals surface area contributed by atoms with E-state index in [1.54, 1.807) is 11.8 Å². The number of thioether (sulfide) groups is 1. The molecule has 0 aromatic rings. The standard InChI is InChI=1S/C7H11FO2S/c1-4-2-5(3-11-4)6(8)7(9)10/h4-6H,2-3H2,1H3,(H,9,10). The number of carboxylic acid groups (broad SMARTS) is 1. The minimum atomic E-state index is -1.66. The number of carboxylic acids is 1. The average Bonchev–Trinajstić information content (AvgIpc) is 2.34. The summed E-state index contributed by atoms with van der Waals surface area (Å²) in [6, 6.07) is 0. The van der Waals surface area contributed by atoms with Crippen molar-refractivity contribution in [1.29, 1.82) is 0 Å². The number of hydrogen-bond donors (Lipinski definition) is 1. The van der Waals surface area contributed by atoms with Gasteiger partial charge in [-0.1, -0.05) is 6.92 Å². The summed E-state index contributed by atoms with van der Waals surface area (Å²) in [5.74, 6) is -0.938. The van der Waals surface area contributed by atoms with E-state index in [1.807, 2.05) is 6.92 Å². The van der Waals surface area contributed by atoms with Crippen molar-refractivity contribution in [2.45, 2.75) is 24.8 Å². The van der Waals surface area contributed by atoms with Crippen LogP contribution in [0, 0.1) is 5.92 Å². The Labute approximate surface area is 69.2 Å². The Morgan fingerprint density at radius 3 is 2.82 bits per heavy atom. The van der Waals surface area contributed by atoms with Crippen molar-refractivity contribution in [3.05, 3.63) is 0 Å². The Morgan fingerprint density at radius 1 is 1.82 bits per heavy atom. The first-order valence-corrected chi connectivity index (χ1v) is 4.64. The Bertz CT molecular complexity index is 163. The highest BCUT2D eigenvalue weighted by atomic mass is 32.2. The summed E-state index contributed by atoms with van der Waals surface area (Å²) in [6.07, 6.45) is -0.967. The Morgan fingerprint density at radius 2 is 2.45 bits per heavy atom. The molecule has 0 saturated carbocycles. The summed E-state index contributed by atoms with van der Waals surface area (Å²) in [4.78, 5) is 10.2. The minimum Gasteiger partial charge on any atom is -0.479 e. The van der Waals surface area contributed by atoms with Crippen LogP contribution in [0.4, 0.5) is 4.39 Å². The number of carbonyl (C=O) groups is 1. The van der Waals surface area contributed by atoms with Gasteiger partial charge in [-0.15, -0.1) is 0 Å². The molecule has 2 nitrogen and oxygen atoms in total. The molecule has 0 aromatic heterocycles. The van der Waals surface area contributed by atoms with Crippen LogP contribution in [0.5, 0.6) is 0 Å². The lowest BCUT2D eigenvalue weighted by Gasteiger charge is -2.09. The van der Waals surface area contributed by atoms with Gasteiger partial charge in [0.2, 0.25) is 6.17 Å². The number of halogens is 1. The lowest BCUT2D eigenvalue weighted by molar-refractivity contribution is -0.144. The first-order valence-electron chi connectivity index (χ1n) is 3.59. The highest BCUT2D eigenvalue weighted by Crippen LogP contribution is 2.33. The molecular weight excluding hydrogens is 167 g/mol. The van der Waals surface area contributed by atoms with E-state index < -0.39 is 12.1 Å². The molecule has 64 valence electrons. The molecule has 1 heterocycles. The fraction of sp³-hybridized carbons (Fsp3) is 0.857. The molecule has 1 fully saturated rings. The number of aliphatic carboxylic acids is 1. The largest absolute Gasteiger partial charge is 0.479 e. The van der Waals surface area contributed by atoms with Gasteiger partial charge in [-0.25, -0.2) is 9.18 Å². The van der Waals surface area contributed by atoms with Crippen LogP contribution in [0.3, 0.4) is 0 Å². The van der Waals surface area contributed by atoms with Gasteiger partial charge >= 0.3 is 5.97 Å². The fourth-order valence-electron chi connectivity index (χ4n) is 1.26. The van der Waals surface area contributed by atoms with Crippen LogP contribution in [0.25, 0.3) is 0 Å². The maximum atomic E-state index is 12.8. The summed E-state index contributed by atoms with van der Waals surface area (Å²) in [5, 5.41) is 8.76. The van der Waals surface area contributed by atoms with Gasteiger partial charge in [0.1, 0.15) is 0 Å². The maximum absolute atomic E-state index is 12.8. The lowest BCUT2D eigenvalue weighted by Crippen LogP contribution is -2.25. The van der Waals surface area contributed by atoms with Gasteiger partial charge in [-0.2, -0.15) is 11.8 Å². The molecule has 1 aliphatic heterocycles. The van der Waals surface area contributed by atoms with Crippen molar-refractivity contribution >= 4 is 17.7 Å². The summed E-state index contributed by atoms with van der Waals surface area (Å²) in [5.41, 5.74) is 0. The van der Waals surface area contributed by atoms with Crippen LogP contribution < -0.4 is 0 Å². The third-order valence-corrected chi connectivity index (χ3v) is 3.26. The van der Waals surface area contributed by atoms with Crippen molar-refractivity contribution in [1.82, 2.24) is 0 Å². The van der Waals surface area contributed by atoms with E-state index in [4.69, 9.17) is 5.11 Å². The van der Waals surface area contributed by atoms with Crippen molar-refractivity contribution in [2.24, 2.45) is 5.92 Å². The summed E-state index contributed by atoms with van der Waals surface area (Å²) < 4.78 is 12.8. The second-order valence-corrected chi connectivity index (χ2v) is 4.35. The fourth-order valence-corrected chi connectivity index (χ4v) is 2.52. The molecule has 11 heavy (non-hydrogen) atoms. The van der Waals surface area contributed by atoms with E-state index in [1.165, 1.54) is 0 Å². The van der Waals surface area contributed by atoms with Crippen molar-refractivity contribution < 1.29 is 14.3 Å². The second-order valence-electron chi connectivity index (χ2n) is 2.88. The summed E-state index contributed by atoms with van der Waals surface area (Å²) >= 11 is 1.65. The van der Waals surface area contributed by atoms with Gasteiger partial charge in [0.25, 0.3) is 0 Å². The van der Waals surface area contributed by atoms with Gasteiger partial charge in [0.15, 0.2) is 0 Å². The quantitative estimate of drug-likeness (QED) is 0.697. The van der Waals surface area contributed by atoms with E-state index in [0.29, 0.717) is 17.4 Å². The van der Waals surface area contributed by atoms with Gasteiger partial charge in [-0.05, 0) is 12.2 Å². The average molecular weight is 178 g/mol. The van der Waals surface area contributed by atoms with Crippen LogP contribution in [0.1, 0.15) is 13.3 Å². The zero-order chi connectivity index (χ0) is 8.43. The van der Waals surface area contributed by atoms with Crippen LogP contribution in [-0.4, -0.2) is 28.3 Å². The van der Waals surface area contributed by atoms with Gasteiger partial charge < -0.3 is 5.11 Å². The molecule has 0 spiro atoms. The third-order valence-electron chi connectivity index (χ3n) is 1.88. The summed E-state index contributed by atoms with van der Waals surface area (Å²) in [7, 11) is 0. The number of alkyl halides is 1. The van der Waals surface area contributed by atoms with Crippen LogP contribution in [0.2, 0.25) is 0 Å². The molecule has 0 aliphatic carbocycles. The molecule has 0 amide bonds. The predicted molar refractivity (Wildman–Crippen MR) is 42.6 cm³/mol. The van der Waals surface area contributed by atoms with Gasteiger partial charge in [0.05, 0.1) is 0 Å². The zero-order valence-corrected chi connectivity index (χ0v) is 7.10. The van der Waals surface area contributed by atoms with Gasteiger partial charge in [-0.3, -0.25) is 0 Å². The molecule has 1 rings (SSSR count). The molecule has 3 unspecified atom stereocenters. The third kappa shape index (κ3) is 2.09. The molecule has 1 N–H and O–H groups in total. The van der Waals surface area contributed by atoms with E-state index in [2.05, 4.69) is 0 Å². The molecule has 3 atom stereocenters. The van der Waals surface area contributed by atoms with Crippen LogP contribution in [-0.2, 0) is 4.79 Å². The Balaban J connectivity index is 2.43. The predicted octanol–water partition coefficient (Wildman–Crippen LogP) is 1.55. The molecular formula is C7H11FO2S. The van der Waals surface area contributed by atoms with E-state index in [9.17, 15) is 9.18 Å². The molecule has 1 aliphatic rings. The van der Waals surface area contributed by atoms with Crippen molar-refractivity contribution in [3.63, 3.8) is 0 Å². The van der Waals surface area contributed by atoms with Crippen LogP contribution >= 0.6 is 11.8 Å². The molecule has 0 aromatic carbocycles. The molecule has 0 bridgehead atoms. The molecule has 0 radical (unpaired) electrons. The van der Waals surface area contributed by atoms with Crippen LogP contribution in [0.15, 0.2) is 0 Å². The second kappa shape index (κ2) is 3.43. The van der Waals surface area contributed by atoms with E-state index in [0.717, 1.165) is 0 Å². The zero-order valence-electron chi connectivity index (χ0n) is 6.29. The molecule has 4 heteroatoms. The van der Waals surface area contributed by atoms with Crippen molar-refractivity contribution in [2.75, 3.05) is 5.75 Å². The smallest absolute Gasteiger partial charge is 0.338 e. The number of hydrogen-bond acceptors (Lipinski definition) is 2. The van der Waals surface area contributed by atoms with E-state index in [-0.39, 0.29) is 5.92 Å². The molecule has 1 saturated heterocycles. The minimum absolute atomic E-state index is 0.271.